The SMILES string of the molecule is C=CCNC(=O)C(=O)C(CCCC)NC(=O)[C@@H]1CCCN1C(=O)[C@@H](NC(=O)N[C@H](CN1Cc2sccc2S1(=O)=O)C(C)(C)C)C(C)(C)C. The standard InChI is InChI=1S/C33H52N6O7S2/c1-9-11-13-21(26(40)29(42)34-16-10-2)35-28(41)22-14-12-17-39(22)30(43)27(33(6,7)8)37-31(44)36-25(32(3,4)5)20-38-19-23-24(15-18-47-23)48(38,45)46/h10,15,18,21-22,25,27H,2,9,11-14,16-17,19-20H2,1,3-8H3,(H,34,42)(H,35,41)(H2,36,37,44)/t21?,22-,25+,27+/m0/s1. The van der Waals surface area contributed by atoms with Gasteiger partial charge in [0.05, 0.1) is 10.9 Å². The van der Waals surface area contributed by atoms with Crippen LogP contribution in [-0.4, -0.2) is 91.0 Å². The van der Waals surface area contributed by atoms with E-state index in [1.807, 2.05) is 27.7 Å². The third kappa shape index (κ3) is 9.44. The number of sulfonamides is 1. The molecule has 1 aromatic rings. The first-order chi connectivity index (χ1) is 22.3. The lowest BCUT2D eigenvalue weighted by molar-refractivity contribution is -0.143. The summed E-state index contributed by atoms with van der Waals surface area (Å²) in [5, 5.41) is 12.7. The van der Waals surface area contributed by atoms with E-state index in [4.69, 9.17) is 0 Å². The van der Waals surface area contributed by atoms with Crippen molar-refractivity contribution in [2.75, 3.05) is 19.6 Å². The minimum Gasteiger partial charge on any atom is -0.346 e. The smallest absolute Gasteiger partial charge is 0.315 e. The molecule has 4 N–H and O–H groups in total. The number of nitrogens with zero attached hydrogens (tertiary/aromatic N) is 2. The zero-order valence-electron chi connectivity index (χ0n) is 29.2. The fraction of sp³-hybridized carbons (Fsp3) is 0.667. The minimum absolute atomic E-state index is 0.0483. The van der Waals surface area contributed by atoms with Gasteiger partial charge in [-0.1, -0.05) is 67.4 Å². The van der Waals surface area contributed by atoms with Gasteiger partial charge in [0.1, 0.15) is 12.1 Å². The maximum absolute atomic E-state index is 14.1. The van der Waals surface area contributed by atoms with Crippen molar-refractivity contribution >= 4 is 50.9 Å². The summed E-state index contributed by atoms with van der Waals surface area (Å²) in [7, 11) is -3.68. The van der Waals surface area contributed by atoms with Crippen molar-refractivity contribution in [3.63, 3.8) is 0 Å². The van der Waals surface area contributed by atoms with Gasteiger partial charge in [-0.2, -0.15) is 4.31 Å². The van der Waals surface area contributed by atoms with Crippen molar-refractivity contribution in [3.05, 3.63) is 29.0 Å². The first-order valence-electron chi connectivity index (χ1n) is 16.5. The topological polar surface area (TPSA) is 174 Å². The Balaban J connectivity index is 1.74. The number of rotatable bonds is 14. The second-order valence-electron chi connectivity index (χ2n) is 14.6. The van der Waals surface area contributed by atoms with E-state index in [0.717, 1.165) is 11.3 Å². The van der Waals surface area contributed by atoms with E-state index in [9.17, 15) is 32.4 Å². The highest BCUT2D eigenvalue weighted by Gasteiger charge is 2.44. The number of nitrogens with one attached hydrogen (secondary N) is 4. The molecular formula is C33H52N6O7S2. The predicted octanol–water partition coefficient (Wildman–Crippen LogP) is 2.92. The zero-order chi connectivity index (χ0) is 36.0. The van der Waals surface area contributed by atoms with Crippen LogP contribution in [0.5, 0.6) is 0 Å². The lowest BCUT2D eigenvalue weighted by Crippen LogP contribution is -2.61. The Kier molecular flexibility index (Phi) is 13.0. The van der Waals surface area contributed by atoms with Gasteiger partial charge < -0.3 is 26.2 Å². The van der Waals surface area contributed by atoms with Gasteiger partial charge in [0.25, 0.3) is 5.91 Å². The van der Waals surface area contributed by atoms with E-state index in [1.165, 1.54) is 26.6 Å². The summed E-state index contributed by atoms with van der Waals surface area (Å²) in [4.78, 5) is 68.9. The fourth-order valence-electron chi connectivity index (χ4n) is 5.76. The van der Waals surface area contributed by atoms with Crippen molar-refractivity contribution < 1.29 is 32.4 Å². The van der Waals surface area contributed by atoms with Crippen LogP contribution < -0.4 is 21.3 Å². The molecule has 0 radical (unpaired) electrons. The number of Topliss-reactive ketones (excluding diaryl/α,β-unsaturated/α-hetero) is 1. The Labute approximate surface area is 288 Å². The third-order valence-electron chi connectivity index (χ3n) is 8.72. The maximum atomic E-state index is 14.1. The molecule has 1 aromatic heterocycles. The van der Waals surface area contributed by atoms with Crippen molar-refractivity contribution in [1.82, 2.24) is 30.5 Å². The number of carbonyl (C=O) groups is 5. The van der Waals surface area contributed by atoms with E-state index in [0.29, 0.717) is 24.2 Å². The number of likely N-dealkylation sites (tertiary alicyclic amines) is 1. The van der Waals surface area contributed by atoms with Gasteiger partial charge in [-0.25, -0.2) is 13.2 Å². The number of amides is 5. The van der Waals surface area contributed by atoms with Crippen LogP contribution in [0, 0.1) is 10.8 Å². The number of thiophene rings is 1. The minimum atomic E-state index is -3.68. The van der Waals surface area contributed by atoms with Crippen LogP contribution in [0.4, 0.5) is 4.79 Å². The molecule has 15 heteroatoms. The second-order valence-corrected chi connectivity index (χ2v) is 17.5. The summed E-state index contributed by atoms with van der Waals surface area (Å²) in [6, 6.07) is -2.59. The van der Waals surface area contributed by atoms with Gasteiger partial charge in [0.15, 0.2) is 0 Å². The fourth-order valence-corrected chi connectivity index (χ4v) is 8.69. The molecule has 0 aromatic carbocycles. The lowest BCUT2D eigenvalue weighted by Gasteiger charge is -2.37. The number of hydrogen-bond donors (Lipinski definition) is 4. The quantitative estimate of drug-likeness (QED) is 0.170. The summed E-state index contributed by atoms with van der Waals surface area (Å²) in [5.41, 5.74) is -1.29. The Morgan fingerprint density at radius 3 is 2.33 bits per heavy atom. The summed E-state index contributed by atoms with van der Waals surface area (Å²) in [6.07, 6.45) is 3.99. The molecule has 268 valence electrons. The Morgan fingerprint density at radius 2 is 1.75 bits per heavy atom. The number of urea groups is 1. The molecule has 0 spiro atoms. The molecule has 1 unspecified atom stereocenters. The van der Waals surface area contributed by atoms with E-state index in [2.05, 4.69) is 27.8 Å². The van der Waals surface area contributed by atoms with Crippen molar-refractivity contribution in [2.45, 2.75) is 116 Å². The average Bonchev–Trinajstić information content (AvgIpc) is 3.73. The molecular weight excluding hydrogens is 657 g/mol. The molecule has 0 aliphatic carbocycles. The van der Waals surface area contributed by atoms with Crippen molar-refractivity contribution in [3.8, 4) is 0 Å². The third-order valence-corrected chi connectivity index (χ3v) is 11.6. The van der Waals surface area contributed by atoms with Gasteiger partial charge >= 0.3 is 6.03 Å². The summed E-state index contributed by atoms with van der Waals surface area (Å²) >= 11 is 1.38. The number of ketones is 1. The van der Waals surface area contributed by atoms with Gasteiger partial charge in [-0.3, -0.25) is 19.2 Å². The Hall–Kier alpha value is -3.30. The molecule has 5 amide bonds. The summed E-state index contributed by atoms with van der Waals surface area (Å²) < 4.78 is 27.6. The van der Waals surface area contributed by atoms with Crippen molar-refractivity contribution in [1.29, 1.82) is 0 Å². The van der Waals surface area contributed by atoms with E-state index >= 15 is 0 Å². The maximum Gasteiger partial charge on any atom is 0.315 e. The Morgan fingerprint density at radius 1 is 1.06 bits per heavy atom. The summed E-state index contributed by atoms with van der Waals surface area (Å²) in [6.45, 7) is 17.3. The molecule has 13 nitrogen and oxygen atoms in total. The number of fused-ring (bicyclic) bond motifs is 1. The van der Waals surface area contributed by atoms with Crippen LogP contribution in [0.3, 0.4) is 0 Å². The Bertz CT molecular complexity index is 1480. The van der Waals surface area contributed by atoms with Crippen LogP contribution in [0.25, 0.3) is 0 Å². The van der Waals surface area contributed by atoms with Crippen LogP contribution in [0.1, 0.15) is 85.4 Å². The summed E-state index contributed by atoms with van der Waals surface area (Å²) in [5.74, 6) is -2.55. The molecule has 3 rings (SSSR count). The van der Waals surface area contributed by atoms with Gasteiger partial charge in [0.2, 0.25) is 27.6 Å². The van der Waals surface area contributed by atoms with Crippen LogP contribution in [-0.2, 0) is 35.7 Å². The molecule has 48 heavy (non-hydrogen) atoms. The molecule has 4 atom stereocenters. The average molecular weight is 709 g/mol. The van der Waals surface area contributed by atoms with E-state index in [1.54, 1.807) is 32.2 Å². The largest absolute Gasteiger partial charge is 0.346 e. The van der Waals surface area contributed by atoms with Crippen LogP contribution in [0.2, 0.25) is 0 Å². The molecule has 1 saturated heterocycles. The first kappa shape index (κ1) is 39.1. The molecule has 0 bridgehead atoms. The number of unbranched alkanes of at least 4 members (excludes halogenated alkanes) is 1. The molecule has 1 fully saturated rings. The number of carbonyl (C=O) groups excluding carboxylic acids is 5. The van der Waals surface area contributed by atoms with Crippen LogP contribution in [0.15, 0.2) is 29.0 Å². The van der Waals surface area contributed by atoms with Crippen LogP contribution >= 0.6 is 11.3 Å². The first-order valence-corrected chi connectivity index (χ1v) is 18.8. The molecule has 3 heterocycles. The lowest BCUT2D eigenvalue weighted by atomic mass is 9.85. The normalized spacial score (nSPS) is 19.5. The predicted molar refractivity (Wildman–Crippen MR) is 184 cm³/mol. The molecule has 2 aliphatic heterocycles. The second kappa shape index (κ2) is 15.9. The zero-order valence-corrected chi connectivity index (χ0v) is 30.8. The van der Waals surface area contributed by atoms with Gasteiger partial charge in [0, 0.05) is 37.1 Å². The highest BCUT2D eigenvalue weighted by atomic mass is 32.2. The molecule has 0 saturated carbocycles. The highest BCUT2D eigenvalue weighted by Crippen LogP contribution is 2.35. The number of hydrogen-bond acceptors (Lipinski definition) is 8. The van der Waals surface area contributed by atoms with Gasteiger partial charge in [-0.05, 0) is 41.5 Å². The van der Waals surface area contributed by atoms with E-state index < -0.39 is 74.6 Å². The van der Waals surface area contributed by atoms with Crippen molar-refractivity contribution in [2.24, 2.45) is 10.8 Å². The highest BCUT2D eigenvalue weighted by molar-refractivity contribution is 7.89. The molecule has 2 aliphatic rings. The van der Waals surface area contributed by atoms with Gasteiger partial charge in [-0.15, -0.1) is 17.9 Å². The monoisotopic (exact) mass is 708 g/mol. The van der Waals surface area contributed by atoms with E-state index in [-0.39, 0.29) is 32.6 Å².